The number of sulfonamides is 1. The molecule has 3 aromatic carbocycles. The van der Waals surface area contributed by atoms with E-state index in [1.807, 2.05) is 0 Å². The first-order valence-corrected chi connectivity index (χ1v) is 11.2. The summed E-state index contributed by atoms with van der Waals surface area (Å²) in [5.41, 5.74) is 0.123. The van der Waals surface area contributed by atoms with Gasteiger partial charge in [-0.1, -0.05) is 35.9 Å². The van der Waals surface area contributed by atoms with Gasteiger partial charge in [0.1, 0.15) is 12.3 Å². The van der Waals surface area contributed by atoms with E-state index in [-0.39, 0.29) is 22.9 Å². The van der Waals surface area contributed by atoms with E-state index in [4.69, 9.17) is 0 Å². The molecular weight excluding hydrogens is 457 g/mol. The lowest BCUT2D eigenvalue weighted by molar-refractivity contribution is -0.137. The molecular formula is C23H21F3N2O4S. The molecule has 3 aromatic rings. The maximum atomic E-state index is 13.3. The maximum Gasteiger partial charge on any atom is 0.416 e. The van der Waals surface area contributed by atoms with Gasteiger partial charge >= 0.3 is 6.18 Å². The van der Waals surface area contributed by atoms with E-state index < -0.39 is 34.2 Å². The number of phenols is 1. The fourth-order valence-electron chi connectivity index (χ4n) is 2.99. The van der Waals surface area contributed by atoms with Crippen LogP contribution in [0.1, 0.15) is 16.7 Å². The maximum absolute atomic E-state index is 13.3. The summed E-state index contributed by atoms with van der Waals surface area (Å²) in [5, 5.41) is 11.9. The number of benzene rings is 3. The van der Waals surface area contributed by atoms with Crippen LogP contribution in [-0.2, 0) is 27.5 Å². The van der Waals surface area contributed by atoms with Crippen molar-refractivity contribution < 1.29 is 31.5 Å². The molecule has 0 heterocycles. The number of nitrogens with one attached hydrogen (secondary N) is 1. The van der Waals surface area contributed by atoms with Crippen molar-refractivity contribution in [3.63, 3.8) is 0 Å². The number of hydrogen-bond donors (Lipinski definition) is 2. The number of carbonyl (C=O) groups is 1. The average molecular weight is 478 g/mol. The number of carbonyl (C=O) groups excluding carboxylic acids is 1. The van der Waals surface area contributed by atoms with E-state index in [0.29, 0.717) is 15.9 Å². The Morgan fingerprint density at radius 2 is 1.64 bits per heavy atom. The Morgan fingerprint density at radius 1 is 1.00 bits per heavy atom. The van der Waals surface area contributed by atoms with Gasteiger partial charge < -0.3 is 10.4 Å². The Labute approximate surface area is 189 Å². The molecule has 0 aliphatic rings. The Kier molecular flexibility index (Phi) is 6.97. The van der Waals surface area contributed by atoms with Crippen LogP contribution < -0.4 is 9.62 Å². The van der Waals surface area contributed by atoms with E-state index in [1.54, 1.807) is 31.2 Å². The van der Waals surface area contributed by atoms with Crippen molar-refractivity contribution in [2.45, 2.75) is 24.5 Å². The van der Waals surface area contributed by atoms with Gasteiger partial charge in [-0.05, 0) is 55.0 Å². The van der Waals surface area contributed by atoms with Crippen LogP contribution in [0.15, 0.2) is 77.7 Å². The van der Waals surface area contributed by atoms with E-state index in [0.717, 1.165) is 17.7 Å². The lowest BCUT2D eigenvalue weighted by atomic mass is 10.2. The molecule has 6 nitrogen and oxygen atoms in total. The molecule has 0 aliphatic carbocycles. The lowest BCUT2D eigenvalue weighted by Crippen LogP contribution is -2.40. The van der Waals surface area contributed by atoms with Crippen LogP contribution in [0.4, 0.5) is 18.9 Å². The molecule has 0 radical (unpaired) electrons. The van der Waals surface area contributed by atoms with Gasteiger partial charge in [-0.2, -0.15) is 13.2 Å². The SMILES string of the molecule is Cc1ccc(S(=O)(=O)N(CC(=O)NCc2ccc(O)cc2)c2cccc(C(F)(F)F)c2)cc1. The first-order chi connectivity index (χ1) is 15.5. The summed E-state index contributed by atoms with van der Waals surface area (Å²) in [6.07, 6.45) is -4.68. The molecule has 0 spiro atoms. The van der Waals surface area contributed by atoms with Crippen LogP contribution >= 0.6 is 0 Å². The minimum atomic E-state index is -4.68. The normalized spacial score (nSPS) is 11.8. The van der Waals surface area contributed by atoms with Crippen molar-refractivity contribution in [1.82, 2.24) is 5.32 Å². The molecule has 1 amide bonds. The van der Waals surface area contributed by atoms with Gasteiger partial charge in [-0.3, -0.25) is 9.10 Å². The van der Waals surface area contributed by atoms with Crippen LogP contribution in [0, 0.1) is 6.92 Å². The van der Waals surface area contributed by atoms with Crippen LogP contribution in [-0.4, -0.2) is 26.0 Å². The van der Waals surface area contributed by atoms with E-state index in [1.165, 1.54) is 30.3 Å². The number of amides is 1. The monoisotopic (exact) mass is 478 g/mol. The molecule has 3 rings (SSSR count). The third-order valence-electron chi connectivity index (χ3n) is 4.78. The van der Waals surface area contributed by atoms with Crippen LogP contribution in [0.3, 0.4) is 0 Å². The first kappa shape index (κ1) is 24.1. The Hall–Kier alpha value is -3.53. The van der Waals surface area contributed by atoms with Gasteiger partial charge in [-0.25, -0.2) is 8.42 Å². The largest absolute Gasteiger partial charge is 0.508 e. The predicted octanol–water partition coefficient (Wildman–Crippen LogP) is 4.23. The summed E-state index contributed by atoms with van der Waals surface area (Å²) in [6.45, 7) is 1.08. The summed E-state index contributed by atoms with van der Waals surface area (Å²) in [4.78, 5) is 12.4. The van der Waals surface area contributed by atoms with Crippen LogP contribution in [0.25, 0.3) is 0 Å². The third kappa shape index (κ3) is 6.04. The molecule has 0 fully saturated rings. The van der Waals surface area contributed by atoms with E-state index >= 15 is 0 Å². The summed E-state index contributed by atoms with van der Waals surface area (Å²) in [5.74, 6) is -0.666. The predicted molar refractivity (Wildman–Crippen MR) is 117 cm³/mol. The van der Waals surface area contributed by atoms with Gasteiger partial charge in [0.15, 0.2) is 0 Å². The number of halogens is 3. The summed E-state index contributed by atoms with van der Waals surface area (Å²) < 4.78 is 66.9. The Balaban J connectivity index is 1.92. The third-order valence-corrected chi connectivity index (χ3v) is 6.57. The highest BCUT2D eigenvalue weighted by molar-refractivity contribution is 7.92. The molecule has 0 aromatic heterocycles. The van der Waals surface area contributed by atoms with Crippen LogP contribution in [0.2, 0.25) is 0 Å². The standard InChI is InChI=1S/C23H21F3N2O4S/c1-16-5-11-21(12-6-16)33(31,32)28(19-4-2-3-18(13-19)23(24,25)26)15-22(30)27-14-17-7-9-20(29)10-8-17/h2-13,29H,14-15H2,1H3,(H,27,30). The van der Waals surface area contributed by atoms with Crippen LogP contribution in [0.5, 0.6) is 5.75 Å². The average Bonchev–Trinajstić information content (AvgIpc) is 2.77. The van der Waals surface area contributed by atoms with Gasteiger partial charge in [0.05, 0.1) is 16.1 Å². The number of aryl methyl sites for hydroxylation is 1. The quantitative estimate of drug-likeness (QED) is 0.532. The fraction of sp³-hybridized carbons (Fsp3) is 0.174. The summed E-state index contributed by atoms with van der Waals surface area (Å²) in [6, 6.07) is 15.6. The van der Waals surface area contributed by atoms with Gasteiger partial charge in [0, 0.05) is 6.54 Å². The second-order valence-corrected chi connectivity index (χ2v) is 9.18. The number of alkyl halides is 3. The van der Waals surface area contributed by atoms with Crippen molar-refractivity contribution in [2.75, 3.05) is 10.8 Å². The number of rotatable bonds is 7. The minimum Gasteiger partial charge on any atom is -0.508 e. The van der Waals surface area contributed by atoms with Crippen molar-refractivity contribution in [2.24, 2.45) is 0 Å². The lowest BCUT2D eigenvalue weighted by Gasteiger charge is -2.25. The number of anilines is 1. The van der Waals surface area contributed by atoms with Gasteiger partial charge in [0.25, 0.3) is 10.0 Å². The minimum absolute atomic E-state index is 0.0418. The molecule has 0 aliphatic heterocycles. The molecule has 0 unspecified atom stereocenters. The van der Waals surface area contributed by atoms with Crippen molar-refractivity contribution in [3.05, 3.63) is 89.5 Å². The van der Waals surface area contributed by atoms with E-state index in [2.05, 4.69) is 5.32 Å². The van der Waals surface area contributed by atoms with Gasteiger partial charge in [-0.15, -0.1) is 0 Å². The van der Waals surface area contributed by atoms with Crippen molar-refractivity contribution in [1.29, 1.82) is 0 Å². The molecule has 0 bridgehead atoms. The fourth-order valence-corrected chi connectivity index (χ4v) is 4.40. The number of phenolic OH excluding ortho intramolecular Hbond substituents is 1. The molecule has 2 N–H and O–H groups in total. The molecule has 0 saturated heterocycles. The highest BCUT2D eigenvalue weighted by Gasteiger charge is 2.33. The van der Waals surface area contributed by atoms with E-state index in [9.17, 15) is 31.5 Å². The molecule has 0 atom stereocenters. The first-order valence-electron chi connectivity index (χ1n) is 9.78. The second-order valence-electron chi connectivity index (χ2n) is 7.32. The zero-order valence-electron chi connectivity index (χ0n) is 17.5. The number of hydrogen-bond acceptors (Lipinski definition) is 4. The summed E-state index contributed by atoms with van der Waals surface area (Å²) in [7, 11) is -4.34. The topological polar surface area (TPSA) is 86.7 Å². The number of nitrogens with zero attached hydrogens (tertiary/aromatic N) is 1. The van der Waals surface area contributed by atoms with Crippen molar-refractivity contribution >= 4 is 21.6 Å². The highest BCUT2D eigenvalue weighted by Crippen LogP contribution is 2.33. The summed E-state index contributed by atoms with van der Waals surface area (Å²) >= 11 is 0. The zero-order chi connectivity index (χ0) is 24.2. The Bertz CT molecular complexity index is 1230. The molecule has 10 heteroatoms. The number of aromatic hydroxyl groups is 1. The molecule has 33 heavy (non-hydrogen) atoms. The smallest absolute Gasteiger partial charge is 0.416 e. The van der Waals surface area contributed by atoms with Crippen molar-refractivity contribution in [3.8, 4) is 5.75 Å². The Morgan fingerprint density at radius 3 is 2.24 bits per heavy atom. The highest BCUT2D eigenvalue weighted by atomic mass is 32.2. The zero-order valence-corrected chi connectivity index (χ0v) is 18.3. The second kappa shape index (κ2) is 9.53. The molecule has 174 valence electrons. The molecule has 0 saturated carbocycles. The van der Waals surface area contributed by atoms with Gasteiger partial charge in [0.2, 0.25) is 5.91 Å².